The lowest BCUT2D eigenvalue weighted by atomic mass is 9.99. The zero-order valence-corrected chi connectivity index (χ0v) is 23.5. The number of nitrogens with two attached hydrogens (primary N) is 1. The highest BCUT2D eigenvalue weighted by Gasteiger charge is 2.33. The highest BCUT2D eigenvalue weighted by molar-refractivity contribution is 7.89. The number of aryl methyl sites for hydroxylation is 1. The SMILES string of the molecule is COc1cc([C@@H]2CC(c3sc(-c4ccccc4)nc3C)=NN2c2ccc(S(N)(=O)=O)cc2)cc(OC)c1OC. The summed E-state index contributed by atoms with van der Waals surface area (Å²) in [6.07, 6.45) is 0.576. The molecule has 11 heteroatoms. The number of hydrazone groups is 1. The monoisotopic (exact) mass is 564 g/mol. The third kappa shape index (κ3) is 5.20. The second-order valence-corrected chi connectivity index (χ2v) is 11.5. The lowest BCUT2D eigenvalue weighted by molar-refractivity contribution is 0.323. The second kappa shape index (κ2) is 10.7. The van der Waals surface area contributed by atoms with Crippen LogP contribution in [0.15, 0.2) is 76.7 Å². The Morgan fingerprint density at radius 3 is 2.15 bits per heavy atom. The number of aromatic nitrogens is 1. The van der Waals surface area contributed by atoms with Crippen molar-refractivity contribution in [3.05, 3.63) is 82.9 Å². The van der Waals surface area contributed by atoms with Crippen molar-refractivity contribution >= 4 is 32.8 Å². The summed E-state index contributed by atoms with van der Waals surface area (Å²) in [5.74, 6) is 1.56. The van der Waals surface area contributed by atoms with E-state index in [1.807, 2.05) is 54.4 Å². The number of sulfonamides is 1. The van der Waals surface area contributed by atoms with Crippen LogP contribution in [-0.4, -0.2) is 40.4 Å². The van der Waals surface area contributed by atoms with Gasteiger partial charge >= 0.3 is 0 Å². The number of hydrogen-bond acceptors (Lipinski definition) is 9. The molecule has 3 aromatic carbocycles. The summed E-state index contributed by atoms with van der Waals surface area (Å²) < 4.78 is 40.4. The van der Waals surface area contributed by atoms with Gasteiger partial charge in [0.1, 0.15) is 5.01 Å². The predicted molar refractivity (Wildman–Crippen MR) is 153 cm³/mol. The molecule has 1 aliphatic heterocycles. The van der Waals surface area contributed by atoms with E-state index in [2.05, 4.69) is 0 Å². The van der Waals surface area contributed by atoms with E-state index in [1.165, 1.54) is 12.1 Å². The summed E-state index contributed by atoms with van der Waals surface area (Å²) in [4.78, 5) is 5.85. The Morgan fingerprint density at radius 2 is 1.59 bits per heavy atom. The summed E-state index contributed by atoms with van der Waals surface area (Å²) in [6.45, 7) is 1.98. The van der Waals surface area contributed by atoms with Crippen LogP contribution in [0.5, 0.6) is 17.2 Å². The molecule has 0 spiro atoms. The van der Waals surface area contributed by atoms with Crippen molar-refractivity contribution in [2.75, 3.05) is 26.3 Å². The molecule has 2 N–H and O–H groups in total. The fourth-order valence-corrected chi connectivity index (χ4v) is 6.18. The summed E-state index contributed by atoms with van der Waals surface area (Å²) >= 11 is 1.60. The maximum atomic E-state index is 11.8. The number of nitrogens with zero attached hydrogens (tertiary/aromatic N) is 3. The zero-order chi connectivity index (χ0) is 27.7. The van der Waals surface area contributed by atoms with Gasteiger partial charge in [-0.25, -0.2) is 18.5 Å². The van der Waals surface area contributed by atoms with Crippen LogP contribution in [-0.2, 0) is 10.0 Å². The van der Waals surface area contributed by atoms with Crippen LogP contribution >= 0.6 is 11.3 Å². The molecule has 39 heavy (non-hydrogen) atoms. The fourth-order valence-electron chi connectivity index (χ4n) is 4.60. The molecule has 0 radical (unpaired) electrons. The van der Waals surface area contributed by atoms with Crippen molar-refractivity contribution in [2.45, 2.75) is 24.3 Å². The average molecular weight is 565 g/mol. The molecule has 4 aromatic rings. The van der Waals surface area contributed by atoms with Crippen LogP contribution in [0.3, 0.4) is 0 Å². The van der Waals surface area contributed by atoms with Crippen molar-refractivity contribution in [3.8, 4) is 27.8 Å². The Balaban J connectivity index is 1.61. The molecule has 0 unspecified atom stereocenters. The van der Waals surface area contributed by atoms with Gasteiger partial charge in [0.05, 0.1) is 54.2 Å². The number of primary sulfonamides is 1. The molecule has 202 valence electrons. The third-order valence-electron chi connectivity index (χ3n) is 6.49. The van der Waals surface area contributed by atoms with E-state index in [0.717, 1.165) is 32.4 Å². The van der Waals surface area contributed by atoms with Gasteiger partial charge in [-0.3, -0.25) is 5.01 Å². The first-order valence-electron chi connectivity index (χ1n) is 12.1. The molecule has 5 rings (SSSR count). The topological polar surface area (TPSA) is 116 Å². The van der Waals surface area contributed by atoms with Crippen LogP contribution in [0.4, 0.5) is 5.69 Å². The smallest absolute Gasteiger partial charge is 0.238 e. The number of rotatable bonds is 8. The molecule has 1 aliphatic rings. The van der Waals surface area contributed by atoms with Crippen LogP contribution in [0, 0.1) is 6.92 Å². The van der Waals surface area contributed by atoms with Crippen molar-refractivity contribution < 1.29 is 22.6 Å². The van der Waals surface area contributed by atoms with Gasteiger partial charge in [-0.2, -0.15) is 5.10 Å². The lowest BCUT2D eigenvalue weighted by Gasteiger charge is -2.25. The number of anilines is 1. The highest BCUT2D eigenvalue weighted by atomic mass is 32.2. The predicted octanol–water partition coefficient (Wildman–Crippen LogP) is 5.15. The van der Waals surface area contributed by atoms with Gasteiger partial charge in [-0.05, 0) is 48.9 Å². The van der Waals surface area contributed by atoms with E-state index in [9.17, 15) is 8.42 Å². The summed E-state index contributed by atoms with van der Waals surface area (Å²) in [7, 11) is 0.890. The third-order valence-corrected chi connectivity index (χ3v) is 8.68. The first-order valence-corrected chi connectivity index (χ1v) is 14.4. The minimum Gasteiger partial charge on any atom is -0.493 e. The Kier molecular flexibility index (Phi) is 7.30. The minimum absolute atomic E-state index is 0.0322. The van der Waals surface area contributed by atoms with Crippen LogP contribution < -0.4 is 24.4 Å². The second-order valence-electron chi connectivity index (χ2n) is 8.91. The van der Waals surface area contributed by atoms with Crippen molar-refractivity contribution in [2.24, 2.45) is 10.2 Å². The fraction of sp³-hybridized carbons (Fsp3) is 0.214. The molecule has 2 heterocycles. The number of benzene rings is 3. The molecule has 9 nitrogen and oxygen atoms in total. The Hall–Kier alpha value is -3.93. The molecular weight excluding hydrogens is 536 g/mol. The zero-order valence-electron chi connectivity index (χ0n) is 21.9. The number of thiazole rings is 1. The van der Waals surface area contributed by atoms with Gasteiger partial charge in [0, 0.05) is 12.0 Å². The largest absolute Gasteiger partial charge is 0.493 e. The quantitative estimate of drug-likeness (QED) is 0.315. The van der Waals surface area contributed by atoms with Crippen molar-refractivity contribution in [1.82, 2.24) is 4.98 Å². The van der Waals surface area contributed by atoms with Gasteiger partial charge in [-0.1, -0.05) is 30.3 Å². The summed E-state index contributed by atoms with van der Waals surface area (Å²) in [6, 6.07) is 20.0. The Morgan fingerprint density at radius 1 is 0.949 bits per heavy atom. The molecule has 0 fully saturated rings. The molecule has 0 saturated carbocycles. The molecule has 1 atom stereocenters. The van der Waals surface area contributed by atoms with Gasteiger partial charge in [0.2, 0.25) is 15.8 Å². The number of ether oxygens (including phenoxy) is 3. The summed E-state index contributed by atoms with van der Waals surface area (Å²) in [5.41, 5.74) is 4.42. The van der Waals surface area contributed by atoms with Crippen molar-refractivity contribution in [1.29, 1.82) is 0 Å². The van der Waals surface area contributed by atoms with Gasteiger partial charge in [-0.15, -0.1) is 11.3 Å². The molecule has 0 saturated heterocycles. The van der Waals surface area contributed by atoms with E-state index in [1.54, 1.807) is 44.8 Å². The van der Waals surface area contributed by atoms with Crippen LogP contribution in [0.2, 0.25) is 0 Å². The molecule has 0 aliphatic carbocycles. The maximum absolute atomic E-state index is 11.8. The van der Waals surface area contributed by atoms with Gasteiger partial charge < -0.3 is 14.2 Å². The number of methoxy groups -OCH3 is 3. The minimum atomic E-state index is -3.83. The van der Waals surface area contributed by atoms with E-state index in [-0.39, 0.29) is 10.9 Å². The molecule has 0 amide bonds. The van der Waals surface area contributed by atoms with Gasteiger partial charge in [0.15, 0.2) is 11.5 Å². The Bertz CT molecular complexity index is 1610. The summed E-state index contributed by atoms with van der Waals surface area (Å²) in [5, 5.41) is 13.1. The lowest BCUT2D eigenvalue weighted by Crippen LogP contribution is -2.19. The van der Waals surface area contributed by atoms with E-state index >= 15 is 0 Å². The number of hydrogen-bond donors (Lipinski definition) is 1. The highest BCUT2D eigenvalue weighted by Crippen LogP contribution is 2.45. The first-order chi connectivity index (χ1) is 18.7. The standard InChI is InChI=1S/C28H28N4O5S2/c1-17-27(38-28(30-17)18-8-6-5-7-9-18)22-16-23(19-14-24(35-2)26(37-4)25(15-19)36-3)32(31-22)20-10-12-21(13-11-20)39(29,33)34/h5-15,23H,16H2,1-4H3,(H2,29,33,34)/t23-/m0/s1. The van der Waals surface area contributed by atoms with Crippen LogP contribution in [0.1, 0.15) is 28.6 Å². The normalized spacial score (nSPS) is 15.3. The molecular formula is C28H28N4O5S2. The van der Waals surface area contributed by atoms with E-state index < -0.39 is 10.0 Å². The maximum Gasteiger partial charge on any atom is 0.238 e. The van der Waals surface area contributed by atoms with E-state index in [0.29, 0.717) is 29.4 Å². The average Bonchev–Trinajstić information content (AvgIpc) is 3.56. The van der Waals surface area contributed by atoms with E-state index in [4.69, 9.17) is 29.4 Å². The van der Waals surface area contributed by atoms with Crippen molar-refractivity contribution in [3.63, 3.8) is 0 Å². The first kappa shape index (κ1) is 26.7. The Labute approximate surface area is 231 Å². The molecule has 1 aromatic heterocycles. The van der Waals surface area contributed by atoms with Crippen LogP contribution in [0.25, 0.3) is 10.6 Å². The molecule has 0 bridgehead atoms. The van der Waals surface area contributed by atoms with Gasteiger partial charge in [0.25, 0.3) is 0 Å².